The summed E-state index contributed by atoms with van der Waals surface area (Å²) in [5.74, 6) is 2.81. The van der Waals surface area contributed by atoms with Crippen LogP contribution in [0.5, 0.6) is 0 Å². The van der Waals surface area contributed by atoms with Crippen molar-refractivity contribution in [3.05, 3.63) is 71.5 Å². The number of nitrogens with zero attached hydrogens (tertiary/aromatic N) is 5. The van der Waals surface area contributed by atoms with Crippen LogP contribution in [0, 0.1) is 6.92 Å². The van der Waals surface area contributed by atoms with Gasteiger partial charge in [-0.3, -0.25) is 0 Å². The molecule has 0 amide bonds. The molecule has 0 unspecified atom stereocenters. The van der Waals surface area contributed by atoms with E-state index in [1.54, 1.807) is 11.8 Å². The van der Waals surface area contributed by atoms with Crippen molar-refractivity contribution in [2.45, 2.75) is 31.3 Å². The van der Waals surface area contributed by atoms with Gasteiger partial charge in [-0.1, -0.05) is 59.4 Å². The summed E-state index contributed by atoms with van der Waals surface area (Å²) < 4.78 is 7.35. The molecule has 5 rings (SSSR count). The predicted octanol–water partition coefficient (Wildman–Crippen LogP) is 5.45. The van der Waals surface area contributed by atoms with E-state index in [4.69, 9.17) is 4.52 Å². The van der Waals surface area contributed by atoms with E-state index in [2.05, 4.69) is 55.2 Å². The number of hydrogen-bond acceptors (Lipinski definition) is 6. The molecular weight excluding hydrogens is 466 g/mol. The second-order valence-electron chi connectivity index (χ2n) is 8.58. The molecule has 0 atom stereocenters. The van der Waals surface area contributed by atoms with E-state index in [1.165, 1.54) is 11.1 Å². The first-order valence-corrected chi connectivity index (χ1v) is 12.5. The van der Waals surface area contributed by atoms with E-state index in [0.29, 0.717) is 0 Å². The van der Waals surface area contributed by atoms with E-state index in [1.807, 2.05) is 38.2 Å². The Labute approximate surface area is 211 Å². The summed E-state index contributed by atoms with van der Waals surface area (Å²) in [6.45, 7) is 5.26. The molecule has 4 aromatic rings. The van der Waals surface area contributed by atoms with Gasteiger partial charge < -0.3 is 14.0 Å². The number of aryl methyl sites for hydroxylation is 1. The average molecular weight is 496 g/mol. The molecule has 0 radical (unpaired) electrons. The van der Waals surface area contributed by atoms with Crippen LogP contribution in [0.3, 0.4) is 0 Å². The second kappa shape index (κ2) is 11.2. The quantitative estimate of drug-likeness (QED) is 0.251. The highest BCUT2D eigenvalue weighted by atomic mass is 35.5. The normalized spacial score (nSPS) is 13.8. The number of thioether (sulfide) groups is 1. The molecule has 3 heterocycles. The Morgan fingerprint density at radius 1 is 0.941 bits per heavy atom. The van der Waals surface area contributed by atoms with Gasteiger partial charge in [0.25, 0.3) is 0 Å². The lowest BCUT2D eigenvalue weighted by Gasteiger charge is -2.19. The van der Waals surface area contributed by atoms with Crippen molar-refractivity contribution in [1.82, 2.24) is 24.8 Å². The smallest absolute Gasteiger partial charge is 0.191 e. The molecule has 1 aliphatic heterocycles. The van der Waals surface area contributed by atoms with Crippen LogP contribution in [-0.4, -0.2) is 50.2 Å². The van der Waals surface area contributed by atoms with Crippen LogP contribution in [0.15, 0.2) is 64.3 Å². The number of rotatable bonds is 7. The Morgan fingerprint density at radius 3 is 2.50 bits per heavy atom. The van der Waals surface area contributed by atoms with Gasteiger partial charge in [-0.25, -0.2) is 0 Å². The van der Waals surface area contributed by atoms with Crippen molar-refractivity contribution >= 4 is 24.2 Å². The van der Waals surface area contributed by atoms with E-state index >= 15 is 0 Å². The van der Waals surface area contributed by atoms with Gasteiger partial charge in [-0.2, -0.15) is 0 Å². The Balaban J connectivity index is 0.00000274. The van der Waals surface area contributed by atoms with E-state index < -0.39 is 0 Å². The van der Waals surface area contributed by atoms with Crippen LogP contribution >= 0.6 is 24.2 Å². The fraction of sp³-hybridized carbons (Fsp3) is 0.346. The van der Waals surface area contributed by atoms with Crippen LogP contribution in [-0.2, 0) is 19.9 Å². The molecule has 2 aromatic carbocycles. The van der Waals surface area contributed by atoms with E-state index in [0.717, 1.165) is 78.2 Å². The van der Waals surface area contributed by atoms with Crippen LogP contribution in [0.25, 0.3) is 22.6 Å². The van der Waals surface area contributed by atoms with Crippen molar-refractivity contribution in [3.63, 3.8) is 0 Å². The number of halogens is 1. The van der Waals surface area contributed by atoms with Crippen LogP contribution in [0.4, 0.5) is 0 Å². The number of aromatic nitrogens is 4. The van der Waals surface area contributed by atoms with Gasteiger partial charge in [0.2, 0.25) is 0 Å². The molecule has 2 aromatic heterocycles. The third-order valence-corrected chi connectivity index (χ3v) is 7.35. The first kappa shape index (κ1) is 24.5. The van der Waals surface area contributed by atoms with Crippen molar-refractivity contribution in [1.29, 1.82) is 0 Å². The molecule has 0 saturated heterocycles. The van der Waals surface area contributed by atoms with Gasteiger partial charge >= 0.3 is 0 Å². The Morgan fingerprint density at radius 2 is 1.74 bits per heavy atom. The summed E-state index contributed by atoms with van der Waals surface area (Å²) >= 11 is 1.79. The SMILES string of the molecule is Cc1cc(-c2ccc3c(c2)CCN(CCCSc2nnc(-c4ccccc4)n2C)CC3)no1.Cl. The van der Waals surface area contributed by atoms with Gasteiger partial charge in [0, 0.05) is 43.1 Å². The maximum atomic E-state index is 5.25. The minimum Gasteiger partial charge on any atom is -0.361 e. The fourth-order valence-corrected chi connectivity index (χ4v) is 5.22. The lowest BCUT2D eigenvalue weighted by molar-refractivity contribution is 0.289. The molecule has 8 heteroatoms. The predicted molar refractivity (Wildman–Crippen MR) is 140 cm³/mol. The summed E-state index contributed by atoms with van der Waals surface area (Å²) in [7, 11) is 2.05. The summed E-state index contributed by atoms with van der Waals surface area (Å²) in [5.41, 5.74) is 6.08. The summed E-state index contributed by atoms with van der Waals surface area (Å²) in [6.07, 6.45) is 3.32. The minimum absolute atomic E-state index is 0. The van der Waals surface area contributed by atoms with Gasteiger partial charge in [-0.05, 0) is 49.9 Å². The molecule has 0 fully saturated rings. The largest absolute Gasteiger partial charge is 0.361 e. The van der Waals surface area contributed by atoms with Crippen molar-refractivity contribution in [2.24, 2.45) is 7.05 Å². The third kappa shape index (κ3) is 5.54. The number of benzene rings is 2. The zero-order valence-electron chi connectivity index (χ0n) is 19.6. The summed E-state index contributed by atoms with van der Waals surface area (Å²) in [5, 5.41) is 13.9. The first-order valence-electron chi connectivity index (χ1n) is 11.5. The van der Waals surface area contributed by atoms with E-state index in [-0.39, 0.29) is 12.4 Å². The molecule has 0 spiro atoms. The monoisotopic (exact) mass is 495 g/mol. The molecule has 0 saturated carbocycles. The number of hydrogen-bond donors (Lipinski definition) is 0. The zero-order chi connectivity index (χ0) is 22.6. The topological polar surface area (TPSA) is 60.0 Å². The molecule has 6 nitrogen and oxygen atoms in total. The van der Waals surface area contributed by atoms with Crippen molar-refractivity contribution in [3.8, 4) is 22.6 Å². The van der Waals surface area contributed by atoms with Crippen molar-refractivity contribution < 1.29 is 4.52 Å². The number of fused-ring (bicyclic) bond motifs is 1. The zero-order valence-corrected chi connectivity index (χ0v) is 21.2. The Bertz CT molecular complexity index is 1220. The highest BCUT2D eigenvalue weighted by Gasteiger charge is 2.16. The van der Waals surface area contributed by atoms with Gasteiger partial charge in [0.05, 0.1) is 0 Å². The molecule has 0 aliphatic carbocycles. The highest BCUT2D eigenvalue weighted by molar-refractivity contribution is 7.99. The van der Waals surface area contributed by atoms with Crippen molar-refractivity contribution in [2.75, 3.05) is 25.4 Å². The standard InChI is InChI=1S/C26H29N5OS.ClH/c1-19-17-24(29-32-19)23-10-9-20-11-14-31(15-12-22(20)18-23)13-6-16-33-26-28-27-25(30(26)2)21-7-4-3-5-8-21;/h3-5,7-10,17-18H,6,11-16H2,1-2H3;1H. The average Bonchev–Trinajstić information content (AvgIpc) is 3.37. The van der Waals surface area contributed by atoms with Crippen LogP contribution < -0.4 is 0 Å². The Hall–Kier alpha value is -2.61. The highest BCUT2D eigenvalue weighted by Crippen LogP contribution is 2.26. The first-order chi connectivity index (χ1) is 16.2. The molecule has 0 N–H and O–H groups in total. The molecule has 0 bridgehead atoms. The summed E-state index contributed by atoms with van der Waals surface area (Å²) in [4.78, 5) is 2.59. The molecule has 1 aliphatic rings. The molecular formula is C26H30ClN5OS. The molecule has 178 valence electrons. The maximum absolute atomic E-state index is 5.25. The minimum atomic E-state index is 0. The van der Waals surface area contributed by atoms with Crippen LogP contribution in [0.1, 0.15) is 23.3 Å². The molecule has 34 heavy (non-hydrogen) atoms. The maximum Gasteiger partial charge on any atom is 0.191 e. The lowest BCUT2D eigenvalue weighted by Crippen LogP contribution is -2.27. The van der Waals surface area contributed by atoms with Gasteiger partial charge in [-0.15, -0.1) is 22.6 Å². The Kier molecular flexibility index (Phi) is 8.08. The van der Waals surface area contributed by atoms with Crippen LogP contribution in [0.2, 0.25) is 0 Å². The lowest BCUT2D eigenvalue weighted by atomic mass is 9.99. The van der Waals surface area contributed by atoms with E-state index in [9.17, 15) is 0 Å². The second-order valence-corrected chi connectivity index (χ2v) is 9.64. The third-order valence-electron chi connectivity index (χ3n) is 6.24. The summed E-state index contributed by atoms with van der Waals surface area (Å²) in [6, 6.07) is 19.0. The fourth-order valence-electron chi connectivity index (χ4n) is 4.39. The van der Waals surface area contributed by atoms with Gasteiger partial charge in [0.15, 0.2) is 11.0 Å². The van der Waals surface area contributed by atoms with Gasteiger partial charge in [0.1, 0.15) is 11.5 Å².